The Kier molecular flexibility index (Phi) is 3.58. The van der Waals surface area contributed by atoms with Crippen LogP contribution in [0.4, 0.5) is 0 Å². The molecule has 0 amide bonds. The molecule has 2 fully saturated rings. The van der Waals surface area contributed by atoms with Gasteiger partial charge in [-0.15, -0.1) is 0 Å². The molecule has 3 heteroatoms. The van der Waals surface area contributed by atoms with E-state index in [1.54, 1.807) is 0 Å². The maximum absolute atomic E-state index is 6.20. The summed E-state index contributed by atoms with van der Waals surface area (Å²) >= 11 is 2.10. The van der Waals surface area contributed by atoms with Crippen LogP contribution in [0.25, 0.3) is 0 Å². The first-order valence-electron chi connectivity index (χ1n) is 6.62. The van der Waals surface area contributed by atoms with E-state index >= 15 is 0 Å². The summed E-state index contributed by atoms with van der Waals surface area (Å²) in [6, 6.07) is 0.825. The number of hydrogen-bond donors (Lipinski definition) is 1. The molecule has 1 unspecified atom stereocenters. The van der Waals surface area contributed by atoms with Crippen LogP contribution in [-0.4, -0.2) is 41.1 Å². The van der Waals surface area contributed by atoms with Crippen molar-refractivity contribution in [1.29, 1.82) is 0 Å². The van der Waals surface area contributed by atoms with E-state index in [1.165, 1.54) is 30.8 Å². The minimum Gasteiger partial charge on any atom is -0.329 e. The van der Waals surface area contributed by atoms with Crippen LogP contribution in [0.15, 0.2) is 0 Å². The van der Waals surface area contributed by atoms with Crippen molar-refractivity contribution in [3.05, 3.63) is 0 Å². The second-order valence-electron chi connectivity index (χ2n) is 5.94. The molecule has 1 atom stereocenters. The maximum atomic E-state index is 6.20. The number of rotatable bonds is 4. The monoisotopic (exact) mass is 242 g/mol. The fraction of sp³-hybridized carbons (Fsp3) is 1.00. The van der Waals surface area contributed by atoms with E-state index < -0.39 is 0 Å². The zero-order chi connectivity index (χ0) is 11.8. The molecule has 1 aliphatic carbocycles. The Balaban J connectivity index is 2.27. The van der Waals surface area contributed by atoms with Crippen LogP contribution in [0.1, 0.15) is 40.0 Å². The highest BCUT2D eigenvalue weighted by Gasteiger charge is 2.52. The molecular formula is C13H26N2S. The van der Waals surface area contributed by atoms with Gasteiger partial charge >= 0.3 is 0 Å². The van der Waals surface area contributed by atoms with E-state index in [-0.39, 0.29) is 5.54 Å². The predicted molar refractivity (Wildman–Crippen MR) is 72.9 cm³/mol. The van der Waals surface area contributed by atoms with Gasteiger partial charge in [0.25, 0.3) is 0 Å². The minimum absolute atomic E-state index is 0.242. The molecule has 94 valence electrons. The Labute approximate surface area is 104 Å². The smallest absolute Gasteiger partial charge is 0.0475 e. The quantitative estimate of drug-likeness (QED) is 0.820. The van der Waals surface area contributed by atoms with Crippen molar-refractivity contribution in [2.45, 2.75) is 51.6 Å². The summed E-state index contributed by atoms with van der Waals surface area (Å²) in [5.41, 5.74) is 6.81. The molecule has 2 N–H and O–H groups in total. The summed E-state index contributed by atoms with van der Waals surface area (Å²) in [7, 11) is 0. The van der Waals surface area contributed by atoms with E-state index in [2.05, 4.69) is 37.4 Å². The van der Waals surface area contributed by atoms with Crippen LogP contribution >= 0.6 is 11.8 Å². The normalized spacial score (nSPS) is 34.3. The zero-order valence-corrected chi connectivity index (χ0v) is 11.8. The van der Waals surface area contributed by atoms with Crippen LogP contribution in [0.2, 0.25) is 0 Å². The van der Waals surface area contributed by atoms with Gasteiger partial charge in [0.05, 0.1) is 0 Å². The van der Waals surface area contributed by atoms with Gasteiger partial charge in [0.1, 0.15) is 0 Å². The average molecular weight is 242 g/mol. The Morgan fingerprint density at radius 1 is 1.38 bits per heavy atom. The summed E-state index contributed by atoms with van der Waals surface area (Å²) in [6.45, 7) is 9.11. The zero-order valence-electron chi connectivity index (χ0n) is 11.0. The van der Waals surface area contributed by atoms with Gasteiger partial charge in [0.2, 0.25) is 0 Å². The van der Waals surface area contributed by atoms with E-state index in [9.17, 15) is 0 Å². The van der Waals surface area contributed by atoms with Crippen molar-refractivity contribution in [3.8, 4) is 0 Å². The lowest BCUT2D eigenvalue weighted by Crippen LogP contribution is -2.66. The average Bonchev–Trinajstić information content (AvgIpc) is 3.05. The molecule has 0 aromatic heterocycles. The molecule has 0 bridgehead atoms. The van der Waals surface area contributed by atoms with Gasteiger partial charge in [-0.1, -0.05) is 20.8 Å². The number of nitrogens with two attached hydrogens (primary N) is 1. The fourth-order valence-electron chi connectivity index (χ4n) is 3.22. The first-order chi connectivity index (χ1) is 7.57. The molecule has 0 aromatic rings. The molecule has 0 spiro atoms. The lowest BCUT2D eigenvalue weighted by molar-refractivity contribution is -0.00137. The lowest BCUT2D eigenvalue weighted by Gasteiger charge is -2.56. The molecular weight excluding hydrogens is 216 g/mol. The number of thioether (sulfide) groups is 1. The second-order valence-corrected chi connectivity index (χ2v) is 7.04. The van der Waals surface area contributed by atoms with Gasteiger partial charge in [-0.25, -0.2) is 0 Å². The number of nitrogens with zero attached hydrogens (tertiary/aromatic N) is 1. The maximum Gasteiger partial charge on any atom is 0.0475 e. The van der Waals surface area contributed by atoms with Crippen LogP contribution in [-0.2, 0) is 0 Å². The molecule has 2 nitrogen and oxygen atoms in total. The van der Waals surface area contributed by atoms with Crippen LogP contribution in [0.3, 0.4) is 0 Å². The molecule has 1 saturated carbocycles. The predicted octanol–water partition coefficient (Wildman–Crippen LogP) is 2.33. The number of likely N-dealkylation sites (N-methyl/N-ethyl adjacent to an activating group) is 1. The molecule has 1 heterocycles. The first kappa shape index (κ1) is 12.7. The van der Waals surface area contributed by atoms with Crippen molar-refractivity contribution in [2.75, 3.05) is 24.6 Å². The largest absolute Gasteiger partial charge is 0.329 e. The SMILES string of the molecule is CCN(C1CC1)C1(CN)CSCCC1(C)C. The molecule has 16 heavy (non-hydrogen) atoms. The Bertz CT molecular complexity index is 250. The Morgan fingerprint density at radius 3 is 2.50 bits per heavy atom. The summed E-state index contributed by atoms with van der Waals surface area (Å²) in [5.74, 6) is 2.53. The summed E-state index contributed by atoms with van der Waals surface area (Å²) in [4.78, 5) is 2.72. The number of hydrogen-bond acceptors (Lipinski definition) is 3. The van der Waals surface area contributed by atoms with Crippen LogP contribution in [0, 0.1) is 5.41 Å². The molecule has 2 rings (SSSR count). The van der Waals surface area contributed by atoms with Crippen molar-refractivity contribution in [2.24, 2.45) is 11.1 Å². The van der Waals surface area contributed by atoms with E-state index in [0.29, 0.717) is 5.41 Å². The highest BCUT2D eigenvalue weighted by Crippen LogP contribution is 2.48. The van der Waals surface area contributed by atoms with Gasteiger partial charge in [-0.05, 0) is 37.0 Å². The highest BCUT2D eigenvalue weighted by molar-refractivity contribution is 7.99. The minimum atomic E-state index is 0.242. The third-order valence-corrected chi connectivity index (χ3v) is 5.86. The van der Waals surface area contributed by atoms with Gasteiger partial charge in [-0.2, -0.15) is 11.8 Å². The molecule has 1 saturated heterocycles. The summed E-state index contributed by atoms with van der Waals surface area (Å²) in [5, 5.41) is 0. The first-order valence-corrected chi connectivity index (χ1v) is 7.77. The van der Waals surface area contributed by atoms with Crippen molar-refractivity contribution in [1.82, 2.24) is 4.90 Å². The highest BCUT2D eigenvalue weighted by atomic mass is 32.2. The van der Waals surface area contributed by atoms with E-state index in [4.69, 9.17) is 5.73 Å². The summed E-state index contributed by atoms with van der Waals surface area (Å²) in [6.07, 6.45) is 4.07. The molecule has 0 aromatic carbocycles. The Morgan fingerprint density at radius 2 is 2.06 bits per heavy atom. The topological polar surface area (TPSA) is 29.3 Å². The second kappa shape index (κ2) is 4.51. The third-order valence-electron chi connectivity index (χ3n) is 4.69. The van der Waals surface area contributed by atoms with Gasteiger partial charge in [0.15, 0.2) is 0 Å². The molecule has 2 aliphatic rings. The Hall–Kier alpha value is 0.270. The van der Waals surface area contributed by atoms with E-state index in [0.717, 1.165) is 19.1 Å². The standard InChI is InChI=1S/C13H26N2S/c1-4-15(11-5-6-11)13(9-14)10-16-8-7-12(13,2)3/h11H,4-10,14H2,1-3H3. The van der Waals surface area contributed by atoms with E-state index in [1.807, 2.05) is 0 Å². The molecule has 0 radical (unpaired) electrons. The van der Waals surface area contributed by atoms with Crippen molar-refractivity contribution >= 4 is 11.8 Å². The summed E-state index contributed by atoms with van der Waals surface area (Å²) < 4.78 is 0. The van der Waals surface area contributed by atoms with Crippen molar-refractivity contribution in [3.63, 3.8) is 0 Å². The van der Waals surface area contributed by atoms with Gasteiger partial charge in [0, 0.05) is 23.9 Å². The lowest BCUT2D eigenvalue weighted by atomic mass is 9.69. The third kappa shape index (κ3) is 1.91. The van der Waals surface area contributed by atoms with Crippen molar-refractivity contribution < 1.29 is 0 Å². The molecule has 1 aliphatic heterocycles. The fourth-order valence-corrected chi connectivity index (χ4v) is 5.03. The van der Waals surface area contributed by atoms with Crippen LogP contribution in [0.5, 0.6) is 0 Å². The van der Waals surface area contributed by atoms with Gasteiger partial charge < -0.3 is 5.73 Å². The van der Waals surface area contributed by atoms with Gasteiger partial charge in [-0.3, -0.25) is 4.90 Å². The van der Waals surface area contributed by atoms with Crippen LogP contribution < -0.4 is 5.73 Å².